The van der Waals surface area contributed by atoms with Crippen molar-refractivity contribution in [2.75, 3.05) is 6.26 Å². The number of nitrogens with zero attached hydrogens (tertiary/aromatic N) is 4. The number of alkyl halides is 3. The zero-order valence-corrected chi connectivity index (χ0v) is 18.9. The van der Waals surface area contributed by atoms with Crippen LogP contribution in [0.15, 0.2) is 52.3 Å². The van der Waals surface area contributed by atoms with Crippen LogP contribution in [0.2, 0.25) is 5.02 Å². The molecule has 0 radical (unpaired) electrons. The Bertz CT molecular complexity index is 1400. The molecule has 0 aliphatic heterocycles. The predicted molar refractivity (Wildman–Crippen MR) is 116 cm³/mol. The highest BCUT2D eigenvalue weighted by Gasteiger charge is 2.39. The SMILES string of the molecule is Cc1cc(-c2c(Cl)c(C(F)(F)F)nn2-c2ccc(S(C)(=O)=O)cn2)ccc1-c1cscn1. The molecule has 4 rings (SSSR count). The number of hydrogen-bond donors (Lipinski definition) is 0. The van der Waals surface area contributed by atoms with Crippen molar-refractivity contribution in [3.63, 3.8) is 0 Å². The maximum absolute atomic E-state index is 13.6. The van der Waals surface area contributed by atoms with E-state index in [1.165, 1.54) is 23.5 Å². The summed E-state index contributed by atoms with van der Waals surface area (Å²) in [7, 11) is -3.53. The van der Waals surface area contributed by atoms with Crippen LogP contribution in [0.5, 0.6) is 0 Å². The maximum atomic E-state index is 13.6. The smallest absolute Gasteiger partial charge is 0.245 e. The fraction of sp³-hybridized carbons (Fsp3) is 0.150. The Morgan fingerprint density at radius 2 is 1.88 bits per heavy atom. The first-order chi connectivity index (χ1) is 15.0. The van der Waals surface area contributed by atoms with Crippen molar-refractivity contribution in [1.82, 2.24) is 19.7 Å². The molecular formula is C20H14ClF3N4O2S2. The van der Waals surface area contributed by atoms with Crippen LogP contribution in [0.4, 0.5) is 13.2 Å². The monoisotopic (exact) mass is 498 g/mol. The summed E-state index contributed by atoms with van der Waals surface area (Å²) in [6.45, 7) is 1.82. The minimum absolute atomic E-state index is 0.00785. The molecule has 0 N–H and O–H groups in total. The van der Waals surface area contributed by atoms with Gasteiger partial charge < -0.3 is 0 Å². The third kappa shape index (κ3) is 4.15. The van der Waals surface area contributed by atoms with E-state index in [0.29, 0.717) is 5.56 Å². The van der Waals surface area contributed by atoms with Crippen molar-refractivity contribution >= 4 is 32.8 Å². The molecule has 0 aliphatic rings. The third-order valence-electron chi connectivity index (χ3n) is 4.67. The molecule has 0 spiro atoms. The van der Waals surface area contributed by atoms with Gasteiger partial charge in [0.25, 0.3) is 0 Å². The molecule has 32 heavy (non-hydrogen) atoms. The van der Waals surface area contributed by atoms with E-state index in [0.717, 1.165) is 34.0 Å². The minimum atomic E-state index is -4.79. The largest absolute Gasteiger partial charge is 0.436 e. The third-order valence-corrected chi connectivity index (χ3v) is 6.71. The fourth-order valence-electron chi connectivity index (χ4n) is 3.16. The Labute approximate surface area is 190 Å². The van der Waals surface area contributed by atoms with E-state index in [2.05, 4.69) is 15.1 Å². The van der Waals surface area contributed by atoms with Crippen molar-refractivity contribution in [2.45, 2.75) is 18.0 Å². The van der Waals surface area contributed by atoms with E-state index in [9.17, 15) is 21.6 Å². The molecule has 0 amide bonds. The van der Waals surface area contributed by atoms with Crippen LogP contribution in [-0.2, 0) is 16.0 Å². The first-order valence-electron chi connectivity index (χ1n) is 8.98. The lowest BCUT2D eigenvalue weighted by Gasteiger charge is -2.10. The zero-order valence-electron chi connectivity index (χ0n) is 16.6. The van der Waals surface area contributed by atoms with Gasteiger partial charge in [0.1, 0.15) is 0 Å². The Balaban J connectivity index is 1.90. The second-order valence-corrected chi connectivity index (χ2v) is 10.1. The average molecular weight is 499 g/mol. The van der Waals surface area contributed by atoms with Crippen LogP contribution in [0.3, 0.4) is 0 Å². The van der Waals surface area contributed by atoms with Gasteiger partial charge in [-0.3, -0.25) is 0 Å². The Hall–Kier alpha value is -2.76. The van der Waals surface area contributed by atoms with Gasteiger partial charge in [-0.1, -0.05) is 23.7 Å². The normalized spacial score (nSPS) is 12.3. The summed E-state index contributed by atoms with van der Waals surface area (Å²) in [5.41, 5.74) is 3.19. The topological polar surface area (TPSA) is 77.7 Å². The number of sulfone groups is 1. The molecule has 0 atom stereocenters. The molecule has 0 saturated carbocycles. The van der Waals surface area contributed by atoms with E-state index < -0.39 is 26.7 Å². The number of aromatic nitrogens is 4. The van der Waals surface area contributed by atoms with E-state index in [4.69, 9.17) is 11.6 Å². The predicted octanol–water partition coefficient (Wildman–Crippen LogP) is 5.44. The number of pyridine rings is 1. The standard InChI is InChI=1S/C20H14ClF3N4O2S2/c1-11-7-12(3-5-14(11)15-9-31-10-26-15)18-17(21)19(20(22,23)24)27-28(18)16-6-4-13(8-25-16)32(2,29)30/h3-10H,1-2H3. The minimum Gasteiger partial charge on any atom is -0.245 e. The zero-order chi connectivity index (χ0) is 23.3. The number of aryl methyl sites for hydroxylation is 1. The number of benzene rings is 1. The highest BCUT2D eigenvalue weighted by Crippen LogP contribution is 2.41. The van der Waals surface area contributed by atoms with Gasteiger partial charge >= 0.3 is 6.18 Å². The maximum Gasteiger partial charge on any atom is 0.436 e. The van der Waals surface area contributed by atoms with E-state index in [1.54, 1.807) is 23.7 Å². The lowest BCUT2D eigenvalue weighted by molar-refractivity contribution is -0.141. The van der Waals surface area contributed by atoms with Crippen LogP contribution in [0, 0.1) is 6.92 Å². The second-order valence-electron chi connectivity index (χ2n) is 6.95. The van der Waals surface area contributed by atoms with Crippen molar-refractivity contribution in [3.8, 4) is 28.3 Å². The summed E-state index contributed by atoms with van der Waals surface area (Å²) in [6, 6.07) is 7.60. The van der Waals surface area contributed by atoms with Gasteiger partial charge in [0, 0.05) is 29.0 Å². The van der Waals surface area contributed by atoms with Crippen LogP contribution >= 0.6 is 22.9 Å². The molecule has 3 aromatic heterocycles. The molecule has 0 bridgehead atoms. The lowest BCUT2D eigenvalue weighted by atomic mass is 10.0. The summed E-state index contributed by atoms with van der Waals surface area (Å²) in [4.78, 5) is 8.20. The molecule has 6 nitrogen and oxygen atoms in total. The molecule has 3 heterocycles. The van der Waals surface area contributed by atoms with Crippen molar-refractivity contribution < 1.29 is 21.6 Å². The van der Waals surface area contributed by atoms with E-state index in [1.807, 2.05) is 12.3 Å². The Morgan fingerprint density at radius 1 is 1.12 bits per heavy atom. The van der Waals surface area contributed by atoms with Gasteiger partial charge in [-0.2, -0.15) is 18.3 Å². The summed E-state index contributed by atoms with van der Waals surface area (Å²) in [5, 5.41) is 4.95. The Kier molecular flexibility index (Phi) is 5.60. The summed E-state index contributed by atoms with van der Waals surface area (Å²) >= 11 is 7.59. The second kappa shape index (κ2) is 7.98. The number of rotatable bonds is 4. The number of thiazole rings is 1. The van der Waals surface area contributed by atoms with Crippen molar-refractivity contribution in [1.29, 1.82) is 0 Å². The van der Waals surface area contributed by atoms with Gasteiger partial charge in [0.05, 0.1) is 26.8 Å². The molecule has 12 heteroatoms. The highest BCUT2D eigenvalue weighted by atomic mass is 35.5. The summed E-state index contributed by atoms with van der Waals surface area (Å²) in [6.07, 6.45) is -2.72. The molecule has 0 saturated heterocycles. The van der Waals surface area contributed by atoms with Gasteiger partial charge in [-0.15, -0.1) is 11.3 Å². The van der Waals surface area contributed by atoms with Gasteiger partial charge in [0.2, 0.25) is 0 Å². The molecular weight excluding hydrogens is 485 g/mol. The van der Waals surface area contributed by atoms with E-state index in [-0.39, 0.29) is 16.4 Å². The van der Waals surface area contributed by atoms with Crippen LogP contribution < -0.4 is 0 Å². The molecule has 4 aromatic rings. The molecule has 166 valence electrons. The molecule has 0 unspecified atom stereocenters. The number of hydrogen-bond acceptors (Lipinski definition) is 6. The summed E-state index contributed by atoms with van der Waals surface area (Å²) < 4.78 is 65.0. The molecule has 0 aliphatic carbocycles. The summed E-state index contributed by atoms with van der Waals surface area (Å²) in [5.74, 6) is -0.00830. The van der Waals surface area contributed by atoms with Crippen LogP contribution in [0.1, 0.15) is 11.3 Å². The van der Waals surface area contributed by atoms with Crippen molar-refractivity contribution in [2.24, 2.45) is 0 Å². The molecule has 1 aromatic carbocycles. The average Bonchev–Trinajstić information content (AvgIpc) is 3.35. The number of halogens is 4. The quantitative estimate of drug-likeness (QED) is 0.374. The van der Waals surface area contributed by atoms with Gasteiger partial charge in [-0.25, -0.2) is 23.1 Å². The van der Waals surface area contributed by atoms with Crippen LogP contribution in [0.25, 0.3) is 28.3 Å². The van der Waals surface area contributed by atoms with Crippen LogP contribution in [-0.4, -0.2) is 34.4 Å². The van der Waals surface area contributed by atoms with E-state index >= 15 is 0 Å². The first kappa shape index (κ1) is 22.4. The Morgan fingerprint density at radius 3 is 2.41 bits per heavy atom. The highest BCUT2D eigenvalue weighted by molar-refractivity contribution is 7.90. The lowest BCUT2D eigenvalue weighted by Crippen LogP contribution is -2.09. The molecule has 0 fully saturated rings. The van der Waals surface area contributed by atoms with Gasteiger partial charge in [0.15, 0.2) is 21.3 Å². The van der Waals surface area contributed by atoms with Gasteiger partial charge in [-0.05, 0) is 30.7 Å². The fourth-order valence-corrected chi connectivity index (χ4v) is 4.60. The van der Waals surface area contributed by atoms with Crippen molar-refractivity contribution in [3.05, 3.63) is 63.7 Å². The first-order valence-corrected chi connectivity index (χ1v) is 12.2.